The van der Waals surface area contributed by atoms with Crippen LogP contribution < -0.4 is 5.32 Å². The average Bonchev–Trinajstić information content (AvgIpc) is 2.82. The standard InChI is InChI=1S/C11H15N3S/c1-8-7-14-9(10-3-2-6-15-10)4-5-12-11(14)13-8/h2-3,6,8-9H,4-5,7H2,1H3,(H,12,13). The second-order valence-corrected chi connectivity index (χ2v) is 5.20. The maximum Gasteiger partial charge on any atom is 0.194 e. The molecule has 2 unspecified atom stereocenters. The summed E-state index contributed by atoms with van der Waals surface area (Å²) in [5, 5.41) is 5.59. The first-order valence-electron chi connectivity index (χ1n) is 5.45. The van der Waals surface area contributed by atoms with Gasteiger partial charge in [-0.2, -0.15) is 0 Å². The van der Waals surface area contributed by atoms with Crippen molar-refractivity contribution in [2.75, 3.05) is 13.1 Å². The number of thiophene rings is 1. The van der Waals surface area contributed by atoms with Gasteiger partial charge in [0.1, 0.15) is 0 Å². The molecule has 3 heterocycles. The summed E-state index contributed by atoms with van der Waals surface area (Å²) in [4.78, 5) is 8.43. The van der Waals surface area contributed by atoms with Crippen molar-refractivity contribution in [1.82, 2.24) is 10.2 Å². The molecule has 0 radical (unpaired) electrons. The molecule has 0 spiro atoms. The van der Waals surface area contributed by atoms with E-state index in [0.29, 0.717) is 12.1 Å². The van der Waals surface area contributed by atoms with Crippen LogP contribution in [0, 0.1) is 0 Å². The van der Waals surface area contributed by atoms with Gasteiger partial charge in [-0.3, -0.25) is 4.99 Å². The summed E-state index contributed by atoms with van der Waals surface area (Å²) in [6.45, 7) is 4.25. The lowest BCUT2D eigenvalue weighted by Gasteiger charge is -2.31. The summed E-state index contributed by atoms with van der Waals surface area (Å²) in [5.74, 6) is 1.10. The van der Waals surface area contributed by atoms with Gasteiger partial charge in [0.25, 0.3) is 0 Å². The Morgan fingerprint density at radius 2 is 2.53 bits per heavy atom. The summed E-state index contributed by atoms with van der Waals surface area (Å²) >= 11 is 1.86. The molecule has 15 heavy (non-hydrogen) atoms. The number of guanidine groups is 1. The van der Waals surface area contributed by atoms with Crippen molar-refractivity contribution < 1.29 is 0 Å². The second-order valence-electron chi connectivity index (χ2n) is 4.22. The van der Waals surface area contributed by atoms with E-state index in [-0.39, 0.29) is 0 Å². The monoisotopic (exact) mass is 221 g/mol. The number of hydrogen-bond acceptors (Lipinski definition) is 4. The van der Waals surface area contributed by atoms with Crippen molar-refractivity contribution in [3.05, 3.63) is 22.4 Å². The topological polar surface area (TPSA) is 27.6 Å². The summed E-state index contributed by atoms with van der Waals surface area (Å²) in [6, 6.07) is 5.46. The summed E-state index contributed by atoms with van der Waals surface area (Å²) in [6.07, 6.45) is 1.15. The highest BCUT2D eigenvalue weighted by atomic mass is 32.1. The van der Waals surface area contributed by atoms with Gasteiger partial charge >= 0.3 is 0 Å². The number of nitrogens with zero attached hydrogens (tertiary/aromatic N) is 2. The highest BCUT2D eigenvalue weighted by Crippen LogP contribution is 2.32. The quantitative estimate of drug-likeness (QED) is 0.783. The molecule has 0 saturated carbocycles. The number of aliphatic imine (C=N–C) groups is 1. The van der Waals surface area contributed by atoms with Gasteiger partial charge in [-0.25, -0.2) is 0 Å². The molecule has 4 heteroatoms. The van der Waals surface area contributed by atoms with Crippen LogP contribution in [0.2, 0.25) is 0 Å². The molecule has 1 fully saturated rings. The maximum atomic E-state index is 4.54. The average molecular weight is 221 g/mol. The molecule has 1 saturated heterocycles. The Hall–Kier alpha value is -1.03. The van der Waals surface area contributed by atoms with E-state index in [1.54, 1.807) is 0 Å². The van der Waals surface area contributed by atoms with Crippen LogP contribution in [0.5, 0.6) is 0 Å². The third kappa shape index (κ3) is 1.53. The maximum absolute atomic E-state index is 4.54. The Kier molecular flexibility index (Phi) is 2.16. The predicted octanol–water partition coefficient (Wildman–Crippen LogP) is 1.84. The van der Waals surface area contributed by atoms with Gasteiger partial charge in [-0.1, -0.05) is 6.07 Å². The zero-order valence-electron chi connectivity index (χ0n) is 8.81. The minimum Gasteiger partial charge on any atom is -0.352 e. The second kappa shape index (κ2) is 3.52. The van der Waals surface area contributed by atoms with Gasteiger partial charge in [0.15, 0.2) is 5.96 Å². The lowest BCUT2D eigenvalue weighted by atomic mass is 10.1. The van der Waals surface area contributed by atoms with Crippen molar-refractivity contribution in [3.8, 4) is 0 Å². The first kappa shape index (κ1) is 9.21. The molecule has 3 rings (SSSR count). The van der Waals surface area contributed by atoms with Gasteiger partial charge in [-0.05, 0) is 24.8 Å². The van der Waals surface area contributed by atoms with Crippen LogP contribution in [0.1, 0.15) is 24.3 Å². The first-order valence-corrected chi connectivity index (χ1v) is 6.33. The van der Waals surface area contributed by atoms with E-state index in [9.17, 15) is 0 Å². The number of fused-ring (bicyclic) bond motifs is 1. The molecule has 0 bridgehead atoms. The van der Waals surface area contributed by atoms with Gasteiger partial charge in [0.2, 0.25) is 0 Å². The molecule has 2 aliphatic heterocycles. The minimum absolute atomic E-state index is 0.532. The lowest BCUT2D eigenvalue weighted by Crippen LogP contribution is -2.37. The van der Waals surface area contributed by atoms with Crippen LogP contribution in [-0.2, 0) is 0 Å². The largest absolute Gasteiger partial charge is 0.352 e. The molecule has 2 atom stereocenters. The van der Waals surface area contributed by atoms with E-state index < -0.39 is 0 Å². The van der Waals surface area contributed by atoms with E-state index in [1.165, 1.54) is 4.88 Å². The fourth-order valence-corrected chi connectivity index (χ4v) is 3.24. The molecular weight excluding hydrogens is 206 g/mol. The molecule has 3 nitrogen and oxygen atoms in total. The van der Waals surface area contributed by atoms with E-state index in [4.69, 9.17) is 0 Å². The molecule has 80 valence electrons. The zero-order chi connectivity index (χ0) is 10.3. The first-order chi connectivity index (χ1) is 7.34. The smallest absolute Gasteiger partial charge is 0.194 e. The fraction of sp³-hybridized carbons (Fsp3) is 0.545. The number of nitrogens with one attached hydrogen (secondary N) is 1. The minimum atomic E-state index is 0.532. The third-order valence-corrected chi connectivity index (χ3v) is 4.00. The Labute approximate surface area is 93.8 Å². The van der Waals surface area contributed by atoms with Crippen LogP contribution in [0.15, 0.2) is 22.5 Å². The lowest BCUT2D eigenvalue weighted by molar-refractivity contribution is 0.309. The van der Waals surface area contributed by atoms with Crippen LogP contribution >= 0.6 is 11.3 Å². The van der Waals surface area contributed by atoms with E-state index in [1.807, 2.05) is 11.3 Å². The van der Waals surface area contributed by atoms with Crippen LogP contribution in [0.3, 0.4) is 0 Å². The number of hydrogen-bond donors (Lipinski definition) is 1. The zero-order valence-corrected chi connectivity index (χ0v) is 9.63. The Morgan fingerprint density at radius 3 is 3.33 bits per heavy atom. The summed E-state index contributed by atoms with van der Waals surface area (Å²) in [7, 11) is 0. The van der Waals surface area contributed by atoms with Crippen molar-refractivity contribution in [3.63, 3.8) is 0 Å². The van der Waals surface area contributed by atoms with Gasteiger partial charge < -0.3 is 10.2 Å². The number of rotatable bonds is 1. The van der Waals surface area contributed by atoms with Crippen LogP contribution in [0.25, 0.3) is 0 Å². The molecule has 1 aromatic heterocycles. The highest BCUT2D eigenvalue weighted by Gasteiger charge is 2.33. The Balaban J connectivity index is 1.89. The predicted molar refractivity (Wildman–Crippen MR) is 63.3 cm³/mol. The summed E-state index contributed by atoms with van der Waals surface area (Å²) < 4.78 is 0. The van der Waals surface area contributed by atoms with E-state index >= 15 is 0 Å². The van der Waals surface area contributed by atoms with Gasteiger partial charge in [-0.15, -0.1) is 11.3 Å². The Morgan fingerprint density at radius 1 is 1.60 bits per heavy atom. The van der Waals surface area contributed by atoms with Gasteiger partial charge in [0, 0.05) is 24.0 Å². The Bertz CT molecular complexity index is 371. The van der Waals surface area contributed by atoms with Crippen LogP contribution in [0.4, 0.5) is 0 Å². The highest BCUT2D eigenvalue weighted by molar-refractivity contribution is 7.10. The molecule has 0 aromatic carbocycles. The molecule has 2 aliphatic rings. The fourth-order valence-electron chi connectivity index (χ4n) is 2.37. The molecule has 1 aromatic rings. The molecular formula is C11H15N3S. The normalized spacial score (nSPS) is 29.7. The molecule has 1 N–H and O–H groups in total. The van der Waals surface area contributed by atoms with E-state index in [2.05, 4.69) is 39.6 Å². The molecule has 0 amide bonds. The SMILES string of the molecule is CC1CN2C(=NCCC2c2cccs2)N1. The van der Waals surface area contributed by atoms with Gasteiger partial charge in [0.05, 0.1) is 6.04 Å². The van der Waals surface area contributed by atoms with Crippen LogP contribution in [-0.4, -0.2) is 30.0 Å². The third-order valence-electron chi connectivity index (χ3n) is 3.03. The summed E-state index contributed by atoms with van der Waals surface area (Å²) in [5.41, 5.74) is 0. The van der Waals surface area contributed by atoms with Crippen molar-refractivity contribution >= 4 is 17.3 Å². The molecule has 0 aliphatic carbocycles. The van der Waals surface area contributed by atoms with E-state index in [0.717, 1.165) is 25.5 Å². The van der Waals surface area contributed by atoms with Crippen molar-refractivity contribution in [2.45, 2.75) is 25.4 Å². The van der Waals surface area contributed by atoms with Crippen molar-refractivity contribution in [1.29, 1.82) is 0 Å². The van der Waals surface area contributed by atoms with Crippen molar-refractivity contribution in [2.24, 2.45) is 4.99 Å².